The normalized spacial score (nSPS) is 11.2. The molecule has 0 radical (unpaired) electrons. The fraction of sp³-hybridized carbons (Fsp3) is 0.421. The van der Waals surface area contributed by atoms with Gasteiger partial charge in [0.25, 0.3) is 10.0 Å². The highest BCUT2D eigenvalue weighted by atomic mass is 32.2. The van der Waals surface area contributed by atoms with Gasteiger partial charge >= 0.3 is 5.97 Å². The molecule has 0 amide bonds. The van der Waals surface area contributed by atoms with E-state index in [2.05, 4.69) is 0 Å². The number of hydrogen-bond acceptors (Lipinski definition) is 6. The summed E-state index contributed by atoms with van der Waals surface area (Å²) in [6.07, 6.45) is 5.65. The molecule has 0 N–H and O–H groups in total. The lowest BCUT2D eigenvalue weighted by molar-refractivity contribution is -0.143. The lowest BCUT2D eigenvalue weighted by Gasteiger charge is -2.10. The maximum absolute atomic E-state index is 12.8. The van der Waals surface area contributed by atoms with Crippen molar-refractivity contribution in [2.45, 2.75) is 37.5 Å². The summed E-state index contributed by atoms with van der Waals surface area (Å²) in [5.74, 6) is 0.613. The summed E-state index contributed by atoms with van der Waals surface area (Å²) in [6.45, 7) is 2.16. The Kier molecular flexibility index (Phi) is 7.29. The molecule has 0 aliphatic heterocycles. The summed E-state index contributed by atoms with van der Waals surface area (Å²) >= 11 is 0. The van der Waals surface area contributed by atoms with Gasteiger partial charge in [-0.2, -0.15) is 0 Å². The second-order valence-electron chi connectivity index (χ2n) is 5.88. The zero-order chi connectivity index (χ0) is 19.9. The molecule has 148 valence electrons. The summed E-state index contributed by atoms with van der Waals surface area (Å²) in [5, 5.41) is 0. The maximum Gasteiger partial charge on any atom is 0.305 e. The van der Waals surface area contributed by atoms with Crippen LogP contribution in [0.15, 0.2) is 41.6 Å². The summed E-state index contributed by atoms with van der Waals surface area (Å²) < 4.78 is 42.0. The molecule has 1 aromatic heterocycles. The molecule has 0 fully saturated rings. The molecule has 1 aromatic carbocycles. The largest absolute Gasteiger partial charge is 0.493 e. The Bertz CT molecular complexity index is 872. The highest BCUT2D eigenvalue weighted by Gasteiger charge is 2.19. The van der Waals surface area contributed by atoms with Gasteiger partial charge in [0.15, 0.2) is 11.5 Å². The average molecular weight is 395 g/mol. The van der Waals surface area contributed by atoms with E-state index in [1.807, 2.05) is 0 Å². The lowest BCUT2D eigenvalue weighted by atomic mass is 10.1. The Hall–Kier alpha value is -2.48. The highest BCUT2D eigenvalue weighted by Crippen LogP contribution is 2.30. The first-order valence-electron chi connectivity index (χ1n) is 8.72. The highest BCUT2D eigenvalue weighted by molar-refractivity contribution is 7.90. The van der Waals surface area contributed by atoms with Crippen LogP contribution in [0.3, 0.4) is 0 Å². The fourth-order valence-electron chi connectivity index (χ4n) is 2.65. The van der Waals surface area contributed by atoms with Crippen LogP contribution in [-0.2, 0) is 26.0 Å². The number of benzene rings is 1. The molecule has 0 bridgehead atoms. The number of aromatic nitrogens is 1. The number of hydrogen-bond donors (Lipinski definition) is 0. The van der Waals surface area contributed by atoms with Crippen LogP contribution in [0.2, 0.25) is 0 Å². The smallest absolute Gasteiger partial charge is 0.305 e. The van der Waals surface area contributed by atoms with Crippen molar-refractivity contribution in [3.63, 3.8) is 0 Å². The summed E-state index contributed by atoms with van der Waals surface area (Å²) in [7, 11) is -0.771. The zero-order valence-corrected chi connectivity index (χ0v) is 16.6. The van der Waals surface area contributed by atoms with Crippen molar-refractivity contribution >= 4 is 16.0 Å². The van der Waals surface area contributed by atoms with Crippen LogP contribution >= 0.6 is 0 Å². The van der Waals surface area contributed by atoms with Gasteiger partial charge in [0.2, 0.25) is 0 Å². The first kappa shape index (κ1) is 20.8. The quantitative estimate of drug-likeness (QED) is 0.454. The van der Waals surface area contributed by atoms with Crippen molar-refractivity contribution in [2.75, 3.05) is 20.8 Å². The van der Waals surface area contributed by atoms with E-state index in [-0.39, 0.29) is 10.9 Å². The molecule has 0 aliphatic rings. The van der Waals surface area contributed by atoms with Gasteiger partial charge in [-0.3, -0.25) is 4.79 Å². The standard InChI is InChI=1S/C19H25NO6S/c1-4-26-19(21)8-6-5-7-15-11-12-20(14-15)27(22,23)16-9-10-17(24-2)18(13-16)25-3/h9-14H,4-8H2,1-3H3. The monoisotopic (exact) mass is 395 g/mol. The van der Waals surface area contributed by atoms with E-state index in [0.717, 1.165) is 12.0 Å². The molecule has 0 atom stereocenters. The van der Waals surface area contributed by atoms with Crippen LogP contribution in [-0.4, -0.2) is 39.2 Å². The Balaban J connectivity index is 2.05. The molecule has 2 rings (SSSR count). The Morgan fingerprint density at radius 1 is 1.07 bits per heavy atom. The van der Waals surface area contributed by atoms with Gasteiger partial charge in [-0.25, -0.2) is 12.4 Å². The number of unbranched alkanes of at least 4 members (excludes halogenated alkanes) is 1. The van der Waals surface area contributed by atoms with E-state index < -0.39 is 10.0 Å². The van der Waals surface area contributed by atoms with Crippen molar-refractivity contribution in [3.05, 3.63) is 42.2 Å². The maximum atomic E-state index is 12.8. The zero-order valence-electron chi connectivity index (χ0n) is 15.8. The number of nitrogens with zero attached hydrogens (tertiary/aromatic N) is 1. The third-order valence-corrected chi connectivity index (χ3v) is 5.69. The SMILES string of the molecule is CCOC(=O)CCCCc1ccn(S(=O)(=O)c2ccc(OC)c(OC)c2)c1. The number of rotatable bonds is 10. The van der Waals surface area contributed by atoms with Gasteiger partial charge in [-0.15, -0.1) is 0 Å². The fourth-order valence-corrected chi connectivity index (χ4v) is 3.88. The van der Waals surface area contributed by atoms with E-state index in [1.54, 1.807) is 25.3 Å². The van der Waals surface area contributed by atoms with Crippen LogP contribution in [0.25, 0.3) is 0 Å². The third kappa shape index (κ3) is 5.26. The predicted octanol–water partition coefficient (Wildman–Crippen LogP) is 3.02. The molecule has 27 heavy (non-hydrogen) atoms. The minimum Gasteiger partial charge on any atom is -0.493 e. The molecule has 8 heteroatoms. The summed E-state index contributed by atoms with van der Waals surface area (Å²) in [5.41, 5.74) is 0.892. The molecule has 0 saturated carbocycles. The van der Waals surface area contributed by atoms with Crippen molar-refractivity contribution < 1.29 is 27.4 Å². The summed E-state index contributed by atoms with van der Waals surface area (Å²) in [4.78, 5) is 11.4. The van der Waals surface area contributed by atoms with E-state index in [4.69, 9.17) is 14.2 Å². The van der Waals surface area contributed by atoms with Crippen molar-refractivity contribution in [1.82, 2.24) is 3.97 Å². The van der Waals surface area contributed by atoms with Gasteiger partial charge in [-0.05, 0) is 49.9 Å². The van der Waals surface area contributed by atoms with Crippen LogP contribution in [0.1, 0.15) is 31.7 Å². The minimum atomic E-state index is -3.72. The van der Waals surface area contributed by atoms with E-state index >= 15 is 0 Å². The summed E-state index contributed by atoms with van der Waals surface area (Å²) in [6, 6.07) is 6.25. The average Bonchev–Trinajstić information content (AvgIpc) is 3.14. The number of carbonyl (C=O) groups is 1. The first-order chi connectivity index (χ1) is 12.9. The molecule has 0 saturated heterocycles. The molecule has 2 aromatic rings. The van der Waals surface area contributed by atoms with Gasteiger partial charge in [0, 0.05) is 24.9 Å². The number of carbonyl (C=O) groups excluding carboxylic acids is 1. The molecule has 0 unspecified atom stereocenters. The van der Waals surface area contributed by atoms with Crippen LogP contribution in [0.5, 0.6) is 11.5 Å². The molecule has 0 spiro atoms. The van der Waals surface area contributed by atoms with Crippen LogP contribution in [0.4, 0.5) is 0 Å². The lowest BCUT2D eigenvalue weighted by Crippen LogP contribution is -2.11. The molecule has 0 aliphatic carbocycles. The molecular weight excluding hydrogens is 370 g/mol. The van der Waals surface area contributed by atoms with Gasteiger partial charge in [0.05, 0.1) is 25.7 Å². The van der Waals surface area contributed by atoms with Crippen molar-refractivity contribution in [2.24, 2.45) is 0 Å². The Morgan fingerprint density at radius 2 is 1.81 bits per heavy atom. The van der Waals surface area contributed by atoms with Crippen molar-refractivity contribution in [3.8, 4) is 11.5 Å². The number of esters is 1. The molecule has 1 heterocycles. The van der Waals surface area contributed by atoms with Gasteiger partial charge < -0.3 is 14.2 Å². The number of aryl methyl sites for hydroxylation is 1. The molecule has 7 nitrogen and oxygen atoms in total. The van der Waals surface area contributed by atoms with Gasteiger partial charge in [-0.1, -0.05) is 0 Å². The first-order valence-corrected chi connectivity index (χ1v) is 10.2. The predicted molar refractivity (Wildman–Crippen MR) is 101 cm³/mol. The Morgan fingerprint density at radius 3 is 2.48 bits per heavy atom. The second kappa shape index (κ2) is 9.45. The second-order valence-corrected chi connectivity index (χ2v) is 7.73. The number of methoxy groups -OCH3 is 2. The Labute approximate surface area is 159 Å². The topological polar surface area (TPSA) is 83.8 Å². The third-order valence-electron chi connectivity index (χ3n) is 4.06. The van der Waals surface area contributed by atoms with Crippen LogP contribution in [0, 0.1) is 0 Å². The van der Waals surface area contributed by atoms with Crippen LogP contribution < -0.4 is 9.47 Å². The van der Waals surface area contributed by atoms with E-state index in [1.165, 1.54) is 36.5 Å². The van der Waals surface area contributed by atoms with Gasteiger partial charge in [0.1, 0.15) is 0 Å². The van der Waals surface area contributed by atoms with Crippen molar-refractivity contribution in [1.29, 1.82) is 0 Å². The van der Waals surface area contributed by atoms with E-state index in [0.29, 0.717) is 37.4 Å². The minimum absolute atomic E-state index is 0.115. The van der Waals surface area contributed by atoms with E-state index in [9.17, 15) is 13.2 Å². The molecular formula is C19H25NO6S. The number of ether oxygens (including phenoxy) is 3.